The van der Waals surface area contributed by atoms with E-state index in [0.29, 0.717) is 5.75 Å². The lowest BCUT2D eigenvalue weighted by Crippen LogP contribution is -2.14. The number of aromatic hydroxyl groups is 1. The van der Waals surface area contributed by atoms with Gasteiger partial charge in [-0.25, -0.2) is 0 Å². The van der Waals surface area contributed by atoms with E-state index in [4.69, 9.17) is 10.5 Å². The van der Waals surface area contributed by atoms with Crippen LogP contribution < -0.4 is 15.8 Å². The highest BCUT2D eigenvalue weighted by molar-refractivity contribution is 6.02. The SMILES string of the molecule is COc1ccc(NC(=O)c2nc(N)n[nH]2)c(O)c1. The first-order chi connectivity index (χ1) is 8.60. The maximum Gasteiger partial charge on any atom is 0.293 e. The lowest BCUT2D eigenvalue weighted by molar-refractivity contribution is 0.101. The highest BCUT2D eigenvalue weighted by Crippen LogP contribution is 2.27. The predicted octanol–water partition coefficient (Wildman–Crippen LogP) is 0.353. The zero-order valence-corrected chi connectivity index (χ0v) is 9.47. The molecule has 0 fully saturated rings. The number of anilines is 2. The van der Waals surface area contributed by atoms with Gasteiger partial charge in [-0.3, -0.25) is 9.89 Å². The number of benzene rings is 1. The molecule has 0 atom stereocenters. The first kappa shape index (κ1) is 11.7. The number of rotatable bonds is 3. The molecular formula is C10H11N5O3. The standard InChI is InChI=1S/C10H11N5O3/c1-18-5-2-3-6(7(16)4-5)12-9(17)8-13-10(11)15-14-8/h2-4,16H,1H3,(H,12,17)(H3,11,13,14,15). The van der Waals surface area contributed by atoms with Crippen molar-refractivity contribution in [3.05, 3.63) is 24.0 Å². The van der Waals surface area contributed by atoms with E-state index in [0.717, 1.165) is 0 Å². The van der Waals surface area contributed by atoms with Gasteiger partial charge in [-0.1, -0.05) is 0 Å². The number of nitrogen functional groups attached to an aromatic ring is 1. The Morgan fingerprint density at radius 3 is 2.89 bits per heavy atom. The fourth-order valence-corrected chi connectivity index (χ4v) is 1.30. The molecule has 0 unspecified atom stereocenters. The van der Waals surface area contributed by atoms with Gasteiger partial charge in [0.2, 0.25) is 11.8 Å². The van der Waals surface area contributed by atoms with Gasteiger partial charge in [0.1, 0.15) is 11.5 Å². The summed E-state index contributed by atoms with van der Waals surface area (Å²) in [6.07, 6.45) is 0. The van der Waals surface area contributed by atoms with Crippen LogP contribution in [0.5, 0.6) is 11.5 Å². The van der Waals surface area contributed by atoms with Crippen LogP contribution in [0.25, 0.3) is 0 Å². The van der Waals surface area contributed by atoms with Crippen molar-refractivity contribution in [1.29, 1.82) is 0 Å². The highest BCUT2D eigenvalue weighted by Gasteiger charge is 2.13. The van der Waals surface area contributed by atoms with Crippen LogP contribution in [0, 0.1) is 0 Å². The van der Waals surface area contributed by atoms with Gasteiger partial charge in [-0.2, -0.15) is 4.98 Å². The van der Waals surface area contributed by atoms with Gasteiger partial charge in [0, 0.05) is 6.07 Å². The topological polar surface area (TPSA) is 126 Å². The average molecular weight is 249 g/mol. The Hall–Kier alpha value is -2.77. The molecule has 0 bridgehead atoms. The van der Waals surface area contributed by atoms with E-state index < -0.39 is 5.91 Å². The number of amides is 1. The summed E-state index contributed by atoms with van der Waals surface area (Å²) in [5.74, 6) is -0.258. The molecule has 1 aromatic carbocycles. The Morgan fingerprint density at radius 2 is 2.33 bits per heavy atom. The van der Waals surface area contributed by atoms with Crippen molar-refractivity contribution < 1.29 is 14.6 Å². The number of methoxy groups -OCH3 is 1. The van der Waals surface area contributed by atoms with Crippen molar-refractivity contribution in [1.82, 2.24) is 15.2 Å². The van der Waals surface area contributed by atoms with Crippen molar-refractivity contribution in [3.8, 4) is 11.5 Å². The van der Waals surface area contributed by atoms with E-state index in [1.54, 1.807) is 6.07 Å². The fraction of sp³-hybridized carbons (Fsp3) is 0.100. The summed E-state index contributed by atoms with van der Waals surface area (Å²) < 4.78 is 4.93. The molecule has 2 aromatic rings. The number of hydrogen-bond donors (Lipinski definition) is 4. The molecule has 0 aliphatic heterocycles. The molecule has 5 N–H and O–H groups in total. The third-order valence-corrected chi connectivity index (χ3v) is 2.17. The third-order valence-electron chi connectivity index (χ3n) is 2.17. The Balaban J connectivity index is 2.16. The van der Waals surface area contributed by atoms with Crippen LogP contribution in [0.15, 0.2) is 18.2 Å². The number of nitrogens with two attached hydrogens (primary N) is 1. The summed E-state index contributed by atoms with van der Waals surface area (Å²) in [5.41, 5.74) is 5.51. The lowest BCUT2D eigenvalue weighted by atomic mass is 10.2. The van der Waals surface area contributed by atoms with E-state index in [1.165, 1.54) is 19.2 Å². The van der Waals surface area contributed by atoms with Crippen molar-refractivity contribution >= 4 is 17.5 Å². The number of nitrogens with one attached hydrogen (secondary N) is 2. The summed E-state index contributed by atoms with van der Waals surface area (Å²) in [6.45, 7) is 0. The molecule has 94 valence electrons. The number of ether oxygens (including phenoxy) is 1. The number of phenolic OH excluding ortho intramolecular Hbond substituents is 1. The van der Waals surface area contributed by atoms with Crippen LogP contribution in [0.3, 0.4) is 0 Å². The van der Waals surface area contributed by atoms with Crippen molar-refractivity contribution in [3.63, 3.8) is 0 Å². The molecule has 18 heavy (non-hydrogen) atoms. The number of nitrogens with zero attached hydrogens (tertiary/aromatic N) is 2. The number of hydrogen-bond acceptors (Lipinski definition) is 6. The fourth-order valence-electron chi connectivity index (χ4n) is 1.30. The van der Waals surface area contributed by atoms with Crippen LogP contribution >= 0.6 is 0 Å². The Kier molecular flexibility index (Phi) is 3.00. The number of aromatic amines is 1. The van der Waals surface area contributed by atoms with E-state index in [-0.39, 0.29) is 23.2 Å². The molecule has 2 rings (SSSR count). The number of phenols is 1. The molecule has 1 aromatic heterocycles. The smallest absolute Gasteiger partial charge is 0.293 e. The molecule has 0 radical (unpaired) electrons. The normalized spacial score (nSPS) is 10.1. The summed E-state index contributed by atoms with van der Waals surface area (Å²) >= 11 is 0. The third kappa shape index (κ3) is 2.32. The van der Waals surface area contributed by atoms with Crippen molar-refractivity contribution in [2.45, 2.75) is 0 Å². The molecule has 0 saturated carbocycles. The summed E-state index contributed by atoms with van der Waals surface area (Å²) in [4.78, 5) is 15.4. The van der Waals surface area contributed by atoms with Crippen molar-refractivity contribution in [2.75, 3.05) is 18.2 Å². The zero-order chi connectivity index (χ0) is 13.1. The largest absolute Gasteiger partial charge is 0.506 e. The van der Waals surface area contributed by atoms with E-state index in [2.05, 4.69) is 20.5 Å². The van der Waals surface area contributed by atoms with E-state index in [9.17, 15) is 9.90 Å². The summed E-state index contributed by atoms with van der Waals surface area (Å²) in [7, 11) is 1.48. The number of carbonyl (C=O) groups is 1. The Labute approximate surface area is 102 Å². The molecule has 8 nitrogen and oxygen atoms in total. The van der Waals surface area contributed by atoms with E-state index >= 15 is 0 Å². The highest BCUT2D eigenvalue weighted by atomic mass is 16.5. The lowest BCUT2D eigenvalue weighted by Gasteiger charge is -2.07. The minimum atomic E-state index is -0.556. The van der Waals surface area contributed by atoms with Gasteiger partial charge in [0.15, 0.2) is 0 Å². The van der Waals surface area contributed by atoms with Gasteiger partial charge < -0.3 is 20.9 Å². The van der Waals surface area contributed by atoms with Gasteiger partial charge in [0.05, 0.1) is 12.8 Å². The van der Waals surface area contributed by atoms with Crippen LogP contribution in [0.2, 0.25) is 0 Å². The number of aromatic nitrogens is 3. The van der Waals surface area contributed by atoms with Crippen LogP contribution in [-0.2, 0) is 0 Å². The molecule has 0 saturated heterocycles. The minimum Gasteiger partial charge on any atom is -0.506 e. The van der Waals surface area contributed by atoms with E-state index in [1.807, 2.05) is 0 Å². The zero-order valence-electron chi connectivity index (χ0n) is 9.47. The predicted molar refractivity (Wildman–Crippen MR) is 63.4 cm³/mol. The van der Waals surface area contributed by atoms with Crippen LogP contribution in [0.4, 0.5) is 11.6 Å². The second-order valence-electron chi connectivity index (χ2n) is 3.38. The summed E-state index contributed by atoms with van der Waals surface area (Å²) in [6, 6.07) is 4.49. The molecule has 8 heteroatoms. The maximum absolute atomic E-state index is 11.7. The average Bonchev–Trinajstić information content (AvgIpc) is 2.78. The van der Waals surface area contributed by atoms with Crippen LogP contribution in [-0.4, -0.2) is 33.3 Å². The molecule has 1 heterocycles. The monoisotopic (exact) mass is 249 g/mol. The minimum absolute atomic E-state index is 0.0286. The molecule has 0 aliphatic carbocycles. The Bertz CT molecular complexity index is 581. The number of H-pyrrole nitrogens is 1. The first-order valence-corrected chi connectivity index (χ1v) is 4.96. The molecule has 1 amide bonds. The van der Waals surface area contributed by atoms with Gasteiger partial charge in [0.25, 0.3) is 5.91 Å². The molecule has 0 spiro atoms. The second kappa shape index (κ2) is 4.62. The van der Waals surface area contributed by atoms with Gasteiger partial charge in [-0.15, -0.1) is 5.10 Å². The van der Waals surface area contributed by atoms with Crippen LogP contribution in [0.1, 0.15) is 10.6 Å². The quantitative estimate of drug-likeness (QED) is 0.581. The number of carbonyl (C=O) groups excluding carboxylic acids is 1. The van der Waals surface area contributed by atoms with Crippen molar-refractivity contribution in [2.24, 2.45) is 0 Å². The van der Waals surface area contributed by atoms with Gasteiger partial charge >= 0.3 is 0 Å². The van der Waals surface area contributed by atoms with Gasteiger partial charge in [-0.05, 0) is 12.1 Å². The summed E-state index contributed by atoms with van der Waals surface area (Å²) in [5, 5.41) is 18.0. The first-order valence-electron chi connectivity index (χ1n) is 4.96. The second-order valence-corrected chi connectivity index (χ2v) is 3.38. The Morgan fingerprint density at radius 1 is 1.56 bits per heavy atom. The maximum atomic E-state index is 11.7. The molecule has 0 aliphatic rings. The molecular weight excluding hydrogens is 238 g/mol.